The second-order valence-corrected chi connectivity index (χ2v) is 5.11. The molecule has 3 nitrogen and oxygen atoms in total. The molecule has 0 heterocycles. The molecule has 1 fully saturated rings. The Morgan fingerprint density at radius 2 is 1.75 bits per heavy atom. The van der Waals surface area contributed by atoms with Crippen LogP contribution in [0.5, 0.6) is 0 Å². The molecule has 1 amide bonds. The van der Waals surface area contributed by atoms with Crippen LogP contribution in [0.3, 0.4) is 0 Å². The Kier molecular flexibility index (Phi) is 5.81. The fourth-order valence-electron chi connectivity index (χ4n) is 2.50. The predicted octanol–water partition coefficient (Wildman–Crippen LogP) is 2.19. The van der Waals surface area contributed by atoms with E-state index in [9.17, 15) is 9.90 Å². The number of hydrogen-bond donors (Lipinski definition) is 1. The van der Waals surface area contributed by atoms with Crippen molar-refractivity contribution in [1.29, 1.82) is 0 Å². The van der Waals surface area contributed by atoms with Gasteiger partial charge in [0.05, 0.1) is 6.10 Å². The normalized spacial score (nSPS) is 20.9. The minimum atomic E-state index is -0.428. The molecule has 1 saturated carbocycles. The summed E-state index contributed by atoms with van der Waals surface area (Å²) in [6, 6.07) is 0. The Bertz CT molecular complexity index is 208. The van der Waals surface area contributed by atoms with Gasteiger partial charge >= 0.3 is 0 Å². The van der Waals surface area contributed by atoms with Gasteiger partial charge in [0.1, 0.15) is 0 Å². The van der Waals surface area contributed by atoms with Gasteiger partial charge in [0.25, 0.3) is 0 Å². The quantitative estimate of drug-likeness (QED) is 0.803. The lowest BCUT2D eigenvalue weighted by atomic mass is 9.90. The van der Waals surface area contributed by atoms with Crippen LogP contribution in [-0.4, -0.2) is 35.6 Å². The molecule has 1 atom stereocenters. The molecule has 1 N–H and O–H groups in total. The van der Waals surface area contributed by atoms with Crippen molar-refractivity contribution in [3.63, 3.8) is 0 Å². The van der Waals surface area contributed by atoms with Crippen molar-refractivity contribution < 1.29 is 9.90 Å². The van der Waals surface area contributed by atoms with Gasteiger partial charge in [-0.05, 0) is 19.8 Å². The van der Waals surface area contributed by atoms with E-state index in [2.05, 4.69) is 0 Å². The van der Waals surface area contributed by atoms with Gasteiger partial charge in [-0.1, -0.05) is 32.1 Å². The van der Waals surface area contributed by atoms with Gasteiger partial charge in [-0.25, -0.2) is 0 Å². The lowest BCUT2D eigenvalue weighted by Gasteiger charge is -2.26. The number of carbonyl (C=O) groups excluding carboxylic acids is 1. The third kappa shape index (κ3) is 4.52. The smallest absolute Gasteiger partial charge is 0.225 e. The first kappa shape index (κ1) is 13.5. The highest BCUT2D eigenvalue weighted by Gasteiger charge is 2.22. The highest BCUT2D eigenvalue weighted by atomic mass is 16.3. The van der Waals surface area contributed by atoms with Crippen LogP contribution < -0.4 is 0 Å². The molecule has 94 valence electrons. The van der Waals surface area contributed by atoms with Crippen molar-refractivity contribution >= 4 is 5.91 Å². The summed E-state index contributed by atoms with van der Waals surface area (Å²) >= 11 is 0. The van der Waals surface area contributed by atoms with E-state index in [1.54, 1.807) is 18.9 Å². The minimum absolute atomic E-state index is 0.198. The molecule has 1 aliphatic rings. The van der Waals surface area contributed by atoms with Gasteiger partial charge in [0.15, 0.2) is 0 Å². The van der Waals surface area contributed by atoms with Crippen molar-refractivity contribution in [2.24, 2.45) is 5.92 Å². The maximum Gasteiger partial charge on any atom is 0.225 e. The molecule has 3 heteroatoms. The fourth-order valence-corrected chi connectivity index (χ4v) is 2.50. The molecular formula is C13H25NO2. The standard InChI is InChI=1S/C13H25NO2/c1-11(15)10-14(2)13(16)12-8-6-4-3-5-7-9-12/h11-12,15H,3-10H2,1-2H3. The summed E-state index contributed by atoms with van der Waals surface area (Å²) in [6.07, 6.45) is 7.85. The summed E-state index contributed by atoms with van der Waals surface area (Å²) in [7, 11) is 1.80. The molecule has 0 aromatic carbocycles. The van der Waals surface area contributed by atoms with Crippen molar-refractivity contribution in [3.05, 3.63) is 0 Å². The average molecular weight is 227 g/mol. The van der Waals surface area contributed by atoms with Gasteiger partial charge in [-0.3, -0.25) is 4.79 Å². The molecule has 0 aliphatic heterocycles. The molecule has 0 aromatic heterocycles. The maximum absolute atomic E-state index is 12.1. The maximum atomic E-state index is 12.1. The number of nitrogens with zero attached hydrogens (tertiary/aromatic N) is 1. The molecule has 0 bridgehead atoms. The van der Waals surface area contributed by atoms with Crippen LogP contribution in [0.2, 0.25) is 0 Å². The molecule has 0 radical (unpaired) electrons. The number of aliphatic hydroxyl groups excluding tert-OH is 1. The molecule has 0 aromatic rings. The van der Waals surface area contributed by atoms with Crippen LogP contribution in [0.1, 0.15) is 51.9 Å². The van der Waals surface area contributed by atoms with Crippen LogP contribution in [0.25, 0.3) is 0 Å². The highest BCUT2D eigenvalue weighted by Crippen LogP contribution is 2.23. The SMILES string of the molecule is CC(O)CN(C)C(=O)C1CCCCCCC1. The van der Waals surface area contributed by atoms with E-state index in [0.29, 0.717) is 6.54 Å². The molecule has 1 aliphatic carbocycles. The zero-order valence-corrected chi connectivity index (χ0v) is 10.6. The monoisotopic (exact) mass is 227 g/mol. The Labute approximate surface area is 98.8 Å². The van der Waals surface area contributed by atoms with Crippen LogP contribution in [-0.2, 0) is 4.79 Å². The summed E-state index contributed by atoms with van der Waals surface area (Å²) in [4.78, 5) is 13.8. The molecule has 0 spiro atoms. The van der Waals surface area contributed by atoms with Gasteiger partial charge in [0.2, 0.25) is 5.91 Å². The van der Waals surface area contributed by atoms with Gasteiger partial charge in [-0.15, -0.1) is 0 Å². The Balaban J connectivity index is 2.43. The third-order valence-electron chi connectivity index (χ3n) is 3.37. The van der Waals surface area contributed by atoms with Gasteiger partial charge in [-0.2, -0.15) is 0 Å². The summed E-state index contributed by atoms with van der Waals surface area (Å²) in [5.74, 6) is 0.423. The summed E-state index contributed by atoms with van der Waals surface area (Å²) in [6.45, 7) is 2.18. The first-order valence-corrected chi connectivity index (χ1v) is 6.54. The lowest BCUT2D eigenvalue weighted by Crippen LogP contribution is -2.37. The first-order valence-electron chi connectivity index (χ1n) is 6.54. The van der Waals surface area contributed by atoms with E-state index in [-0.39, 0.29) is 11.8 Å². The van der Waals surface area contributed by atoms with E-state index >= 15 is 0 Å². The van der Waals surface area contributed by atoms with Gasteiger partial charge < -0.3 is 10.0 Å². The lowest BCUT2D eigenvalue weighted by molar-refractivity contribution is -0.136. The number of amides is 1. The Hall–Kier alpha value is -0.570. The largest absolute Gasteiger partial charge is 0.392 e. The molecule has 0 saturated heterocycles. The molecular weight excluding hydrogens is 202 g/mol. The fraction of sp³-hybridized carbons (Fsp3) is 0.923. The van der Waals surface area contributed by atoms with Crippen LogP contribution in [0.4, 0.5) is 0 Å². The highest BCUT2D eigenvalue weighted by molar-refractivity contribution is 5.78. The number of hydrogen-bond acceptors (Lipinski definition) is 2. The number of likely N-dealkylation sites (N-methyl/N-ethyl adjacent to an activating group) is 1. The van der Waals surface area contributed by atoms with Crippen LogP contribution >= 0.6 is 0 Å². The van der Waals surface area contributed by atoms with Crippen molar-refractivity contribution in [1.82, 2.24) is 4.90 Å². The average Bonchev–Trinajstić information content (AvgIpc) is 2.15. The van der Waals surface area contributed by atoms with E-state index in [4.69, 9.17) is 0 Å². The number of aliphatic hydroxyl groups is 1. The van der Waals surface area contributed by atoms with Crippen molar-refractivity contribution in [2.45, 2.75) is 58.0 Å². The molecule has 16 heavy (non-hydrogen) atoms. The second-order valence-electron chi connectivity index (χ2n) is 5.11. The van der Waals surface area contributed by atoms with Gasteiger partial charge in [0, 0.05) is 19.5 Å². The van der Waals surface area contributed by atoms with Crippen LogP contribution in [0, 0.1) is 5.92 Å². The van der Waals surface area contributed by atoms with Crippen molar-refractivity contribution in [2.75, 3.05) is 13.6 Å². The van der Waals surface area contributed by atoms with Crippen LogP contribution in [0.15, 0.2) is 0 Å². The summed E-state index contributed by atoms with van der Waals surface area (Å²) < 4.78 is 0. The Morgan fingerprint density at radius 1 is 1.25 bits per heavy atom. The number of carbonyl (C=O) groups is 1. The topological polar surface area (TPSA) is 40.5 Å². The first-order chi connectivity index (χ1) is 7.61. The molecule has 1 unspecified atom stereocenters. The number of rotatable bonds is 3. The van der Waals surface area contributed by atoms with E-state index < -0.39 is 6.10 Å². The third-order valence-corrected chi connectivity index (χ3v) is 3.37. The van der Waals surface area contributed by atoms with E-state index in [1.807, 2.05) is 0 Å². The summed E-state index contributed by atoms with van der Waals surface area (Å²) in [5, 5.41) is 9.28. The summed E-state index contributed by atoms with van der Waals surface area (Å²) in [5.41, 5.74) is 0. The zero-order valence-electron chi connectivity index (χ0n) is 10.6. The predicted molar refractivity (Wildman–Crippen MR) is 65.1 cm³/mol. The molecule has 1 rings (SSSR count). The zero-order chi connectivity index (χ0) is 12.0. The van der Waals surface area contributed by atoms with E-state index in [1.165, 1.54) is 32.1 Å². The second kappa shape index (κ2) is 6.89. The minimum Gasteiger partial charge on any atom is -0.392 e. The van der Waals surface area contributed by atoms with Crippen molar-refractivity contribution in [3.8, 4) is 0 Å². The van der Waals surface area contributed by atoms with E-state index in [0.717, 1.165) is 12.8 Å². The Morgan fingerprint density at radius 3 is 2.25 bits per heavy atom.